The van der Waals surface area contributed by atoms with Gasteiger partial charge in [-0.1, -0.05) is 11.3 Å². The second kappa shape index (κ2) is 11.6. The van der Waals surface area contributed by atoms with Crippen molar-refractivity contribution in [3.05, 3.63) is 41.3 Å². The topological polar surface area (TPSA) is 107 Å². The van der Waals surface area contributed by atoms with Gasteiger partial charge in [-0.3, -0.25) is 9.69 Å². The number of aliphatic hydroxyl groups excluding tert-OH is 1. The second-order valence-electron chi connectivity index (χ2n) is 9.67. The summed E-state index contributed by atoms with van der Waals surface area (Å²) in [7, 11) is 1.40. The summed E-state index contributed by atoms with van der Waals surface area (Å²) >= 11 is 1.39. The number of halogens is 3. The predicted octanol–water partition coefficient (Wildman–Crippen LogP) is 3.34. The van der Waals surface area contributed by atoms with Gasteiger partial charge in [0, 0.05) is 51.5 Å². The van der Waals surface area contributed by atoms with Crippen molar-refractivity contribution in [3.8, 4) is 16.2 Å². The quantitative estimate of drug-likeness (QED) is 0.417. The Hall–Kier alpha value is -3.49. The minimum absolute atomic E-state index is 0.0146. The molecule has 40 heavy (non-hydrogen) atoms. The molecule has 1 saturated heterocycles. The van der Waals surface area contributed by atoms with Crippen LogP contribution in [0.15, 0.2) is 24.4 Å². The van der Waals surface area contributed by atoms with Gasteiger partial charge in [0.25, 0.3) is 5.91 Å². The standard InChI is InChI=1S/C26H30F3N7O3S/c1-16-31-21(13-22(32-16)35-7-5-34(6-8-35)9-10-37)33-25-30-14-20(40-25)18-11-17-3-4-36(15-26(27,28)29)24(38)23(17)19(12-18)39-2/h11-14,37H,3-10,15H2,1-2H3,(H,30,31,32,33). The summed E-state index contributed by atoms with van der Waals surface area (Å²) in [6.07, 6.45) is -2.47. The van der Waals surface area contributed by atoms with E-state index in [0.717, 1.165) is 47.3 Å². The van der Waals surface area contributed by atoms with E-state index < -0.39 is 18.6 Å². The number of β-amino-alcohol motifs (C(OH)–C–C–N with tert-alkyl or cyclic N) is 1. The predicted molar refractivity (Wildman–Crippen MR) is 146 cm³/mol. The number of ether oxygens (including phenoxy) is 1. The van der Waals surface area contributed by atoms with E-state index in [4.69, 9.17) is 4.74 Å². The van der Waals surface area contributed by atoms with E-state index in [1.54, 1.807) is 12.3 Å². The van der Waals surface area contributed by atoms with Crippen molar-refractivity contribution in [1.82, 2.24) is 24.8 Å². The van der Waals surface area contributed by atoms with Gasteiger partial charge in [-0.25, -0.2) is 15.0 Å². The summed E-state index contributed by atoms with van der Waals surface area (Å²) in [5.41, 5.74) is 1.58. The third kappa shape index (κ3) is 6.29. The molecule has 0 radical (unpaired) electrons. The summed E-state index contributed by atoms with van der Waals surface area (Å²) in [5.74, 6) is 1.61. The molecular weight excluding hydrogens is 547 g/mol. The molecule has 3 aromatic rings. The van der Waals surface area contributed by atoms with E-state index in [1.807, 2.05) is 19.1 Å². The summed E-state index contributed by atoms with van der Waals surface area (Å²) in [5, 5.41) is 13.0. The third-order valence-electron chi connectivity index (χ3n) is 6.89. The lowest BCUT2D eigenvalue weighted by Crippen LogP contribution is -2.47. The molecule has 14 heteroatoms. The van der Waals surface area contributed by atoms with Crippen molar-refractivity contribution >= 4 is 34.0 Å². The molecule has 4 heterocycles. The van der Waals surface area contributed by atoms with Crippen molar-refractivity contribution in [2.24, 2.45) is 0 Å². The van der Waals surface area contributed by atoms with Crippen LogP contribution >= 0.6 is 11.3 Å². The molecule has 0 bridgehead atoms. The zero-order valence-electron chi connectivity index (χ0n) is 22.2. The van der Waals surface area contributed by atoms with Gasteiger partial charge < -0.3 is 25.0 Å². The summed E-state index contributed by atoms with van der Waals surface area (Å²) in [6.45, 7) is 4.63. The molecule has 1 aromatic carbocycles. The fourth-order valence-electron chi connectivity index (χ4n) is 4.99. The number of aliphatic hydroxyl groups is 1. The number of thiazole rings is 1. The Morgan fingerprint density at radius 2 is 1.90 bits per heavy atom. The Bertz CT molecular complexity index is 1360. The van der Waals surface area contributed by atoms with Gasteiger partial charge >= 0.3 is 6.18 Å². The highest BCUT2D eigenvalue weighted by Crippen LogP contribution is 2.38. The lowest BCUT2D eigenvalue weighted by atomic mass is 9.95. The monoisotopic (exact) mass is 577 g/mol. The number of aryl methyl sites for hydroxylation is 1. The van der Waals surface area contributed by atoms with E-state index in [1.165, 1.54) is 18.4 Å². The number of aromatic nitrogens is 3. The number of alkyl halides is 3. The summed E-state index contributed by atoms with van der Waals surface area (Å²) in [6, 6.07) is 5.37. The molecule has 2 aliphatic heterocycles. The van der Waals surface area contributed by atoms with E-state index in [0.29, 0.717) is 35.3 Å². The number of hydrogen-bond acceptors (Lipinski definition) is 10. The Kier molecular flexibility index (Phi) is 8.10. The molecule has 5 rings (SSSR count). The first-order valence-corrected chi connectivity index (χ1v) is 13.7. The molecule has 10 nitrogen and oxygen atoms in total. The maximum absolute atomic E-state index is 12.9. The molecular formula is C26H30F3N7O3S. The van der Waals surface area contributed by atoms with Gasteiger partial charge in [0.1, 0.15) is 29.8 Å². The number of hydrogen-bond donors (Lipinski definition) is 2. The van der Waals surface area contributed by atoms with Crippen molar-refractivity contribution in [2.45, 2.75) is 19.5 Å². The fourth-order valence-corrected chi connectivity index (χ4v) is 5.80. The largest absolute Gasteiger partial charge is 0.496 e. The number of carbonyl (C=O) groups is 1. The number of anilines is 3. The number of piperazine rings is 1. The molecule has 2 aliphatic rings. The maximum atomic E-state index is 12.9. The van der Waals surface area contributed by atoms with Crippen LogP contribution in [0.4, 0.5) is 29.9 Å². The number of methoxy groups -OCH3 is 1. The van der Waals surface area contributed by atoms with Crippen LogP contribution in [0.3, 0.4) is 0 Å². The number of nitrogens with one attached hydrogen (secondary N) is 1. The average Bonchev–Trinajstić information content (AvgIpc) is 3.37. The second-order valence-corrected chi connectivity index (χ2v) is 10.7. The lowest BCUT2D eigenvalue weighted by Gasteiger charge is -2.35. The van der Waals surface area contributed by atoms with Crippen molar-refractivity contribution in [1.29, 1.82) is 0 Å². The van der Waals surface area contributed by atoms with Crippen molar-refractivity contribution in [3.63, 3.8) is 0 Å². The third-order valence-corrected chi connectivity index (χ3v) is 7.85. The molecule has 0 atom stereocenters. The van der Waals surface area contributed by atoms with Crippen molar-refractivity contribution in [2.75, 3.05) is 69.7 Å². The number of benzene rings is 1. The zero-order valence-corrected chi connectivity index (χ0v) is 23.0. The van der Waals surface area contributed by atoms with Crippen LogP contribution in [0.25, 0.3) is 10.4 Å². The van der Waals surface area contributed by atoms with Gasteiger partial charge in [0.2, 0.25) is 0 Å². The van der Waals surface area contributed by atoms with Crippen LogP contribution in [-0.4, -0.2) is 101 Å². The number of fused-ring (bicyclic) bond motifs is 1. The highest BCUT2D eigenvalue weighted by atomic mass is 32.1. The molecule has 1 fully saturated rings. The summed E-state index contributed by atoms with van der Waals surface area (Å²) < 4.78 is 44.2. The van der Waals surface area contributed by atoms with Gasteiger partial charge in [-0.2, -0.15) is 13.2 Å². The first-order chi connectivity index (χ1) is 19.1. The highest BCUT2D eigenvalue weighted by Gasteiger charge is 2.37. The Morgan fingerprint density at radius 1 is 1.12 bits per heavy atom. The number of carbonyl (C=O) groups excluding carboxylic acids is 1. The van der Waals surface area contributed by atoms with Crippen LogP contribution in [0.2, 0.25) is 0 Å². The van der Waals surface area contributed by atoms with Gasteiger partial charge in [-0.15, -0.1) is 0 Å². The minimum Gasteiger partial charge on any atom is -0.496 e. The molecule has 0 saturated carbocycles. The average molecular weight is 578 g/mol. The molecule has 0 aliphatic carbocycles. The molecule has 1 amide bonds. The highest BCUT2D eigenvalue weighted by molar-refractivity contribution is 7.18. The first kappa shape index (κ1) is 28.1. The fraction of sp³-hybridized carbons (Fsp3) is 0.462. The van der Waals surface area contributed by atoms with Crippen molar-refractivity contribution < 1.29 is 27.8 Å². The van der Waals surface area contributed by atoms with E-state index in [2.05, 4.69) is 30.1 Å². The minimum atomic E-state index is -4.47. The first-order valence-electron chi connectivity index (χ1n) is 12.9. The number of amides is 1. The zero-order chi connectivity index (χ0) is 28.4. The lowest BCUT2D eigenvalue weighted by molar-refractivity contribution is -0.141. The van der Waals surface area contributed by atoms with E-state index >= 15 is 0 Å². The SMILES string of the molecule is COc1cc(-c2cnc(Nc3cc(N4CCN(CCO)CC4)nc(C)n3)s2)cc2c1C(=O)N(CC(F)(F)F)CC2. The number of nitrogens with zero attached hydrogens (tertiary/aromatic N) is 6. The maximum Gasteiger partial charge on any atom is 0.406 e. The number of rotatable bonds is 8. The Labute approximate surface area is 233 Å². The molecule has 0 unspecified atom stereocenters. The van der Waals surface area contributed by atoms with E-state index in [9.17, 15) is 23.1 Å². The molecule has 2 N–H and O–H groups in total. The molecule has 0 spiro atoms. The van der Waals surface area contributed by atoms with Crippen LogP contribution in [0.5, 0.6) is 5.75 Å². The molecule has 2 aromatic heterocycles. The van der Waals surface area contributed by atoms with Crippen LogP contribution in [0, 0.1) is 6.92 Å². The van der Waals surface area contributed by atoms with Crippen LogP contribution in [0.1, 0.15) is 21.7 Å². The Balaban J connectivity index is 1.33. The van der Waals surface area contributed by atoms with Gasteiger partial charge in [-0.05, 0) is 36.6 Å². The van der Waals surface area contributed by atoms with Gasteiger partial charge in [0.15, 0.2) is 5.13 Å². The molecule has 214 valence electrons. The van der Waals surface area contributed by atoms with E-state index in [-0.39, 0.29) is 24.5 Å². The van der Waals surface area contributed by atoms with Crippen LogP contribution < -0.4 is 15.0 Å². The normalized spacial score (nSPS) is 16.3. The van der Waals surface area contributed by atoms with Crippen LogP contribution in [-0.2, 0) is 6.42 Å². The Morgan fingerprint density at radius 3 is 2.60 bits per heavy atom. The summed E-state index contributed by atoms with van der Waals surface area (Å²) in [4.78, 5) is 32.5. The smallest absolute Gasteiger partial charge is 0.406 e. The van der Waals surface area contributed by atoms with Gasteiger partial charge in [0.05, 0.1) is 24.2 Å².